The Labute approximate surface area is 176 Å². The number of nitrogens with one attached hydrogen (secondary N) is 1. The standard InChI is InChI=1S/C25H33NO2Si/c1-25(2,3)29(4,5)28-24(22-17-12-18-27-22)23(21-15-10-7-11-16-21)26-19-20-13-8-6-9-14-20/h6-18,23-24,26H,19H2,1-5H3/t23-,24+/m0/s1. The predicted octanol–water partition coefficient (Wildman–Crippen LogP) is 6.87. The summed E-state index contributed by atoms with van der Waals surface area (Å²) in [6.07, 6.45) is 1.54. The lowest BCUT2D eigenvalue weighted by Crippen LogP contribution is -2.44. The summed E-state index contributed by atoms with van der Waals surface area (Å²) >= 11 is 0. The lowest BCUT2D eigenvalue weighted by atomic mass is 9.99. The summed E-state index contributed by atoms with van der Waals surface area (Å²) in [5, 5.41) is 3.86. The van der Waals surface area contributed by atoms with Crippen LogP contribution in [-0.2, 0) is 11.0 Å². The van der Waals surface area contributed by atoms with E-state index >= 15 is 0 Å². The van der Waals surface area contributed by atoms with E-state index in [-0.39, 0.29) is 17.2 Å². The predicted molar refractivity (Wildman–Crippen MR) is 122 cm³/mol. The molecule has 2 atom stereocenters. The first-order valence-electron chi connectivity index (χ1n) is 10.3. The first-order chi connectivity index (χ1) is 13.8. The summed E-state index contributed by atoms with van der Waals surface area (Å²) < 4.78 is 12.8. The molecule has 0 saturated heterocycles. The van der Waals surface area contributed by atoms with E-state index in [9.17, 15) is 0 Å². The summed E-state index contributed by atoms with van der Waals surface area (Å²) in [6.45, 7) is 12.2. The van der Waals surface area contributed by atoms with Gasteiger partial charge in [0.15, 0.2) is 8.32 Å². The molecule has 0 amide bonds. The van der Waals surface area contributed by atoms with Crippen LogP contribution in [0.15, 0.2) is 83.5 Å². The van der Waals surface area contributed by atoms with Gasteiger partial charge in [-0.1, -0.05) is 81.4 Å². The molecule has 0 spiro atoms. The Bertz CT molecular complexity index is 855. The minimum atomic E-state index is -2.03. The number of hydrogen-bond acceptors (Lipinski definition) is 3. The molecule has 0 saturated carbocycles. The van der Waals surface area contributed by atoms with Crippen LogP contribution in [0.5, 0.6) is 0 Å². The molecule has 3 rings (SSSR count). The molecule has 0 aliphatic heterocycles. The molecule has 0 aliphatic carbocycles. The van der Waals surface area contributed by atoms with E-state index in [1.807, 2.05) is 24.3 Å². The SMILES string of the molecule is CC(C)(C)[Si](C)(C)O[C@H](c1ccco1)[C@@H](NCc1ccccc1)c1ccccc1. The highest BCUT2D eigenvalue weighted by molar-refractivity contribution is 6.74. The summed E-state index contributed by atoms with van der Waals surface area (Å²) in [5.74, 6) is 0.865. The quantitative estimate of drug-likeness (QED) is 0.414. The molecule has 3 aromatic rings. The van der Waals surface area contributed by atoms with Crippen LogP contribution in [-0.4, -0.2) is 8.32 Å². The maximum atomic E-state index is 6.93. The van der Waals surface area contributed by atoms with E-state index in [0.29, 0.717) is 0 Å². The second-order valence-corrected chi connectivity index (χ2v) is 13.8. The van der Waals surface area contributed by atoms with Crippen molar-refractivity contribution in [1.82, 2.24) is 5.32 Å². The van der Waals surface area contributed by atoms with E-state index in [2.05, 4.69) is 87.7 Å². The molecular weight excluding hydrogens is 374 g/mol. The van der Waals surface area contributed by atoms with Gasteiger partial charge in [-0.15, -0.1) is 0 Å². The van der Waals surface area contributed by atoms with Crippen molar-refractivity contribution in [1.29, 1.82) is 0 Å². The van der Waals surface area contributed by atoms with Gasteiger partial charge < -0.3 is 14.2 Å². The highest BCUT2D eigenvalue weighted by Crippen LogP contribution is 2.43. The van der Waals surface area contributed by atoms with Gasteiger partial charge in [-0.05, 0) is 41.4 Å². The van der Waals surface area contributed by atoms with Crippen molar-refractivity contribution in [3.8, 4) is 0 Å². The van der Waals surface area contributed by atoms with E-state index in [0.717, 1.165) is 12.3 Å². The maximum absolute atomic E-state index is 6.93. The molecule has 2 aromatic carbocycles. The largest absolute Gasteiger partial charge is 0.467 e. The van der Waals surface area contributed by atoms with Gasteiger partial charge in [0.1, 0.15) is 11.9 Å². The van der Waals surface area contributed by atoms with Crippen molar-refractivity contribution in [3.05, 3.63) is 95.9 Å². The first-order valence-corrected chi connectivity index (χ1v) is 13.2. The molecule has 3 nitrogen and oxygen atoms in total. The molecular formula is C25H33NO2Si. The van der Waals surface area contributed by atoms with Gasteiger partial charge in [-0.2, -0.15) is 0 Å². The van der Waals surface area contributed by atoms with Gasteiger partial charge in [-0.25, -0.2) is 0 Å². The molecule has 1 N–H and O–H groups in total. The van der Waals surface area contributed by atoms with Gasteiger partial charge in [0.05, 0.1) is 12.3 Å². The highest BCUT2D eigenvalue weighted by Gasteiger charge is 2.42. The zero-order chi connectivity index (χ0) is 20.9. The molecule has 0 bridgehead atoms. The molecule has 1 heterocycles. The number of furan rings is 1. The van der Waals surface area contributed by atoms with Crippen molar-refractivity contribution < 1.29 is 8.84 Å². The average molecular weight is 408 g/mol. The van der Waals surface area contributed by atoms with Crippen LogP contribution in [0.3, 0.4) is 0 Å². The Morgan fingerprint density at radius 1 is 0.897 bits per heavy atom. The van der Waals surface area contributed by atoms with E-state index in [1.165, 1.54) is 11.1 Å². The van der Waals surface area contributed by atoms with Gasteiger partial charge in [-0.3, -0.25) is 0 Å². The lowest BCUT2D eigenvalue weighted by Gasteiger charge is -2.41. The van der Waals surface area contributed by atoms with E-state index in [4.69, 9.17) is 8.84 Å². The fraction of sp³-hybridized carbons (Fsp3) is 0.360. The Hall–Kier alpha value is -2.14. The maximum Gasteiger partial charge on any atom is 0.193 e. The third-order valence-electron chi connectivity index (χ3n) is 5.88. The molecule has 0 aliphatic rings. The zero-order valence-electron chi connectivity index (χ0n) is 18.2. The van der Waals surface area contributed by atoms with Crippen molar-refractivity contribution in [2.75, 3.05) is 0 Å². The fourth-order valence-electron chi connectivity index (χ4n) is 3.12. The second-order valence-electron chi connectivity index (χ2n) is 9.07. The third kappa shape index (κ3) is 5.47. The second kappa shape index (κ2) is 9.12. The van der Waals surface area contributed by atoms with Crippen LogP contribution in [0, 0.1) is 0 Å². The fourth-order valence-corrected chi connectivity index (χ4v) is 4.36. The molecule has 0 radical (unpaired) electrons. The number of rotatable bonds is 8. The Kier molecular flexibility index (Phi) is 6.78. The van der Waals surface area contributed by atoms with Gasteiger partial charge in [0.2, 0.25) is 0 Å². The topological polar surface area (TPSA) is 34.4 Å². The van der Waals surface area contributed by atoms with Crippen LogP contribution in [0.4, 0.5) is 0 Å². The summed E-state index contributed by atoms with van der Waals surface area (Å²) in [7, 11) is -2.03. The minimum absolute atomic E-state index is 0.0170. The monoisotopic (exact) mass is 407 g/mol. The Morgan fingerprint density at radius 2 is 1.52 bits per heavy atom. The van der Waals surface area contributed by atoms with Crippen molar-refractivity contribution in [2.24, 2.45) is 0 Å². The van der Waals surface area contributed by atoms with E-state index in [1.54, 1.807) is 6.26 Å². The Balaban J connectivity index is 1.96. The smallest absolute Gasteiger partial charge is 0.193 e. The average Bonchev–Trinajstić information content (AvgIpc) is 3.22. The van der Waals surface area contributed by atoms with Gasteiger partial charge in [0, 0.05) is 6.54 Å². The van der Waals surface area contributed by atoms with Gasteiger partial charge in [0.25, 0.3) is 0 Å². The third-order valence-corrected chi connectivity index (χ3v) is 10.3. The van der Waals surface area contributed by atoms with Crippen molar-refractivity contribution in [2.45, 2.75) is 57.6 Å². The Morgan fingerprint density at radius 3 is 2.07 bits per heavy atom. The number of benzene rings is 2. The first kappa shape index (κ1) is 21.6. The number of hydrogen-bond donors (Lipinski definition) is 1. The van der Waals surface area contributed by atoms with Crippen LogP contribution >= 0.6 is 0 Å². The van der Waals surface area contributed by atoms with Crippen LogP contribution in [0.1, 0.15) is 49.8 Å². The van der Waals surface area contributed by atoms with Crippen LogP contribution in [0.2, 0.25) is 18.1 Å². The van der Waals surface area contributed by atoms with Crippen LogP contribution in [0.25, 0.3) is 0 Å². The van der Waals surface area contributed by atoms with E-state index < -0.39 is 8.32 Å². The molecule has 0 unspecified atom stereocenters. The molecule has 0 fully saturated rings. The van der Waals surface area contributed by atoms with Gasteiger partial charge >= 0.3 is 0 Å². The minimum Gasteiger partial charge on any atom is -0.467 e. The normalized spacial score (nSPS) is 14.5. The molecule has 29 heavy (non-hydrogen) atoms. The molecule has 1 aromatic heterocycles. The zero-order valence-corrected chi connectivity index (χ0v) is 19.2. The summed E-state index contributed by atoms with van der Waals surface area (Å²) in [6, 6.07) is 25.0. The molecule has 154 valence electrons. The van der Waals surface area contributed by atoms with Crippen molar-refractivity contribution in [3.63, 3.8) is 0 Å². The molecule has 4 heteroatoms. The van der Waals surface area contributed by atoms with Crippen molar-refractivity contribution >= 4 is 8.32 Å². The summed E-state index contributed by atoms with van der Waals surface area (Å²) in [5.41, 5.74) is 2.45. The highest BCUT2D eigenvalue weighted by atomic mass is 28.4. The van der Waals surface area contributed by atoms with Crippen LogP contribution < -0.4 is 5.32 Å². The summed E-state index contributed by atoms with van der Waals surface area (Å²) in [4.78, 5) is 0. The lowest BCUT2D eigenvalue weighted by molar-refractivity contribution is 0.113.